The van der Waals surface area contributed by atoms with Crippen LogP contribution in [0.2, 0.25) is 0 Å². The third-order valence-electron chi connectivity index (χ3n) is 1.80. The molecule has 70 valence electrons. The monoisotopic (exact) mass is 354 g/mol. The number of hydrogen-bond donors (Lipinski definition) is 0. The van der Waals surface area contributed by atoms with Gasteiger partial charge in [0.2, 0.25) is 0 Å². The van der Waals surface area contributed by atoms with E-state index in [2.05, 4.69) is 38.5 Å². The SMILES string of the molecule is Brc1ccc2c(c1)OC(CI)CO2. The highest BCUT2D eigenvalue weighted by atomic mass is 127. The fourth-order valence-corrected chi connectivity index (χ4v) is 1.94. The highest BCUT2D eigenvalue weighted by molar-refractivity contribution is 14.1. The summed E-state index contributed by atoms with van der Waals surface area (Å²) in [6.45, 7) is 0.650. The minimum atomic E-state index is 0.183. The van der Waals surface area contributed by atoms with Crippen molar-refractivity contribution in [2.24, 2.45) is 0 Å². The molecule has 13 heavy (non-hydrogen) atoms. The van der Waals surface area contributed by atoms with Crippen LogP contribution in [-0.4, -0.2) is 17.1 Å². The fourth-order valence-electron chi connectivity index (χ4n) is 1.17. The van der Waals surface area contributed by atoms with E-state index in [0.717, 1.165) is 20.4 Å². The molecule has 1 atom stereocenters. The summed E-state index contributed by atoms with van der Waals surface area (Å²) in [5, 5.41) is 0. The number of halogens is 2. The predicted octanol–water partition coefficient (Wildman–Crippen LogP) is 3.02. The van der Waals surface area contributed by atoms with Gasteiger partial charge in [0.05, 0.1) is 0 Å². The van der Waals surface area contributed by atoms with E-state index in [-0.39, 0.29) is 6.10 Å². The summed E-state index contributed by atoms with van der Waals surface area (Å²) in [6, 6.07) is 5.81. The van der Waals surface area contributed by atoms with E-state index < -0.39 is 0 Å². The average Bonchev–Trinajstić information content (AvgIpc) is 2.16. The molecule has 1 aliphatic rings. The molecule has 0 saturated carbocycles. The molecule has 0 amide bonds. The molecular weight excluding hydrogens is 347 g/mol. The van der Waals surface area contributed by atoms with E-state index >= 15 is 0 Å². The first-order valence-corrected chi connectivity index (χ1v) is 6.26. The van der Waals surface area contributed by atoms with E-state index in [1.54, 1.807) is 0 Å². The molecule has 1 unspecified atom stereocenters. The standard InChI is InChI=1S/C9H8BrIO2/c10-6-1-2-8-9(3-6)13-7(4-11)5-12-8/h1-3,7H,4-5H2. The minimum absolute atomic E-state index is 0.183. The Kier molecular flexibility index (Phi) is 2.98. The number of benzene rings is 1. The number of fused-ring (bicyclic) bond motifs is 1. The van der Waals surface area contributed by atoms with E-state index in [4.69, 9.17) is 9.47 Å². The van der Waals surface area contributed by atoms with Crippen LogP contribution in [0.5, 0.6) is 11.5 Å². The van der Waals surface area contributed by atoms with E-state index in [0.29, 0.717) is 6.61 Å². The molecule has 4 heteroatoms. The average molecular weight is 355 g/mol. The smallest absolute Gasteiger partial charge is 0.162 e. The van der Waals surface area contributed by atoms with Gasteiger partial charge < -0.3 is 9.47 Å². The number of hydrogen-bond acceptors (Lipinski definition) is 2. The maximum Gasteiger partial charge on any atom is 0.162 e. The van der Waals surface area contributed by atoms with E-state index in [9.17, 15) is 0 Å². The zero-order chi connectivity index (χ0) is 9.26. The lowest BCUT2D eigenvalue weighted by atomic mass is 10.3. The van der Waals surface area contributed by atoms with Crippen molar-refractivity contribution in [2.75, 3.05) is 11.0 Å². The van der Waals surface area contributed by atoms with E-state index in [1.165, 1.54) is 0 Å². The van der Waals surface area contributed by atoms with Crippen molar-refractivity contribution in [3.05, 3.63) is 22.7 Å². The van der Waals surface area contributed by atoms with Crippen LogP contribution in [0.3, 0.4) is 0 Å². The fraction of sp³-hybridized carbons (Fsp3) is 0.333. The summed E-state index contributed by atoms with van der Waals surface area (Å²) in [6.07, 6.45) is 0.183. The molecule has 0 spiro atoms. The lowest BCUT2D eigenvalue weighted by Gasteiger charge is -2.25. The molecule has 1 heterocycles. The molecule has 1 aromatic carbocycles. The number of ether oxygens (including phenoxy) is 2. The van der Waals surface area contributed by atoms with Crippen LogP contribution < -0.4 is 9.47 Å². The Morgan fingerprint density at radius 2 is 2.31 bits per heavy atom. The Balaban J connectivity index is 2.27. The first-order valence-electron chi connectivity index (χ1n) is 3.94. The van der Waals surface area contributed by atoms with Crippen LogP contribution in [0.4, 0.5) is 0 Å². The molecule has 1 aliphatic heterocycles. The van der Waals surface area contributed by atoms with Crippen LogP contribution in [0.15, 0.2) is 22.7 Å². The summed E-state index contributed by atoms with van der Waals surface area (Å²) in [7, 11) is 0. The maximum atomic E-state index is 5.70. The second-order valence-corrected chi connectivity index (χ2v) is 4.59. The molecule has 0 saturated heterocycles. The van der Waals surface area contributed by atoms with Gasteiger partial charge in [0, 0.05) is 8.90 Å². The summed E-state index contributed by atoms with van der Waals surface area (Å²) < 4.78 is 13.2. The van der Waals surface area contributed by atoms with Gasteiger partial charge in [-0.25, -0.2) is 0 Å². The molecule has 2 nitrogen and oxygen atoms in total. The first kappa shape index (κ1) is 9.58. The molecule has 1 aromatic rings. The van der Waals surface area contributed by atoms with Gasteiger partial charge in [0.15, 0.2) is 11.5 Å². The Morgan fingerprint density at radius 3 is 3.08 bits per heavy atom. The van der Waals surface area contributed by atoms with Gasteiger partial charge in [-0.2, -0.15) is 0 Å². The molecule has 0 N–H and O–H groups in total. The third-order valence-corrected chi connectivity index (χ3v) is 3.27. The summed E-state index contributed by atoms with van der Waals surface area (Å²) in [5.74, 6) is 1.67. The first-order chi connectivity index (χ1) is 6.29. The molecule has 0 aromatic heterocycles. The van der Waals surface area contributed by atoms with Crippen molar-refractivity contribution in [3.8, 4) is 11.5 Å². The van der Waals surface area contributed by atoms with Gasteiger partial charge in [-0.3, -0.25) is 0 Å². The highest BCUT2D eigenvalue weighted by Crippen LogP contribution is 2.34. The Morgan fingerprint density at radius 1 is 1.46 bits per heavy atom. The molecular formula is C9H8BrIO2. The molecule has 2 rings (SSSR count). The largest absolute Gasteiger partial charge is 0.486 e. The van der Waals surface area contributed by atoms with E-state index in [1.807, 2.05) is 18.2 Å². The minimum Gasteiger partial charge on any atom is -0.486 e. The van der Waals surface area contributed by atoms with Crippen molar-refractivity contribution in [2.45, 2.75) is 6.10 Å². The Bertz CT molecular complexity index is 316. The Labute approximate surface area is 98.9 Å². The van der Waals surface area contributed by atoms with Crippen molar-refractivity contribution < 1.29 is 9.47 Å². The summed E-state index contributed by atoms with van der Waals surface area (Å²) >= 11 is 5.69. The van der Waals surface area contributed by atoms with Gasteiger partial charge in [-0.1, -0.05) is 38.5 Å². The van der Waals surface area contributed by atoms with Gasteiger partial charge >= 0.3 is 0 Å². The lowest BCUT2D eigenvalue weighted by molar-refractivity contribution is 0.109. The zero-order valence-corrected chi connectivity index (χ0v) is 10.5. The van der Waals surface area contributed by atoms with Crippen LogP contribution in [-0.2, 0) is 0 Å². The second kappa shape index (κ2) is 4.04. The number of rotatable bonds is 1. The van der Waals surface area contributed by atoms with Crippen molar-refractivity contribution >= 4 is 38.5 Å². The van der Waals surface area contributed by atoms with Gasteiger partial charge in [0.25, 0.3) is 0 Å². The van der Waals surface area contributed by atoms with Crippen LogP contribution in [0.25, 0.3) is 0 Å². The van der Waals surface area contributed by atoms with Crippen LogP contribution >= 0.6 is 38.5 Å². The lowest BCUT2D eigenvalue weighted by Crippen LogP contribution is -2.30. The van der Waals surface area contributed by atoms with Gasteiger partial charge in [-0.15, -0.1) is 0 Å². The second-order valence-electron chi connectivity index (χ2n) is 2.80. The highest BCUT2D eigenvalue weighted by Gasteiger charge is 2.19. The summed E-state index contributed by atoms with van der Waals surface area (Å²) in [5.41, 5.74) is 0. The predicted molar refractivity (Wildman–Crippen MR) is 62.9 cm³/mol. The quantitative estimate of drug-likeness (QED) is 0.570. The zero-order valence-electron chi connectivity index (χ0n) is 6.80. The summed E-state index contributed by atoms with van der Waals surface area (Å²) in [4.78, 5) is 0. The van der Waals surface area contributed by atoms with Crippen LogP contribution in [0.1, 0.15) is 0 Å². The maximum absolute atomic E-state index is 5.70. The topological polar surface area (TPSA) is 18.5 Å². The van der Waals surface area contributed by atoms with Crippen LogP contribution in [0, 0.1) is 0 Å². The van der Waals surface area contributed by atoms with Gasteiger partial charge in [0.1, 0.15) is 12.7 Å². The normalized spacial score (nSPS) is 20.0. The number of alkyl halides is 1. The van der Waals surface area contributed by atoms with Gasteiger partial charge in [-0.05, 0) is 18.2 Å². The van der Waals surface area contributed by atoms with Crippen molar-refractivity contribution in [1.29, 1.82) is 0 Å². The van der Waals surface area contributed by atoms with Crippen molar-refractivity contribution in [1.82, 2.24) is 0 Å². The molecule has 0 aliphatic carbocycles. The van der Waals surface area contributed by atoms with Crippen molar-refractivity contribution in [3.63, 3.8) is 0 Å². The Hall–Kier alpha value is 0.0300. The molecule has 0 radical (unpaired) electrons. The third kappa shape index (κ3) is 2.10. The molecule has 0 fully saturated rings. The molecule has 0 bridgehead atoms.